The molecule has 1 fully saturated rings. The number of hydrogen-bond acceptors (Lipinski definition) is 3. The van der Waals surface area contributed by atoms with E-state index >= 15 is 0 Å². The van der Waals surface area contributed by atoms with Crippen LogP contribution in [0.25, 0.3) is 0 Å². The average molecular weight is 297 g/mol. The van der Waals surface area contributed by atoms with Crippen molar-refractivity contribution in [3.8, 4) is 0 Å². The summed E-state index contributed by atoms with van der Waals surface area (Å²) in [4.78, 5) is 10.9. The van der Waals surface area contributed by atoms with E-state index in [0.717, 1.165) is 12.8 Å². The van der Waals surface area contributed by atoms with Gasteiger partial charge in [0.1, 0.15) is 0 Å². The van der Waals surface area contributed by atoms with Crippen LogP contribution in [0, 0.1) is 5.92 Å². The number of carbonyl (C=O) groups is 1. The number of carboxylic acid groups (broad SMARTS) is 1. The molecule has 6 heteroatoms. The number of nitrogens with zero attached hydrogens (tertiary/aromatic N) is 1. The van der Waals surface area contributed by atoms with Gasteiger partial charge >= 0.3 is 5.97 Å². The van der Waals surface area contributed by atoms with E-state index < -0.39 is 16.0 Å². The third-order valence-electron chi connectivity index (χ3n) is 3.54. The lowest BCUT2D eigenvalue weighted by Crippen LogP contribution is -2.39. The highest BCUT2D eigenvalue weighted by Crippen LogP contribution is 2.21. The van der Waals surface area contributed by atoms with Crippen molar-refractivity contribution < 1.29 is 18.3 Å². The van der Waals surface area contributed by atoms with E-state index in [0.29, 0.717) is 24.6 Å². The van der Waals surface area contributed by atoms with Crippen molar-refractivity contribution in [1.82, 2.24) is 4.31 Å². The van der Waals surface area contributed by atoms with Crippen molar-refractivity contribution in [2.75, 3.05) is 13.1 Å². The first kappa shape index (κ1) is 15.0. The fourth-order valence-corrected chi connectivity index (χ4v) is 4.17. The molecule has 1 aliphatic heterocycles. The summed E-state index contributed by atoms with van der Waals surface area (Å²) in [5.41, 5.74) is 0.632. The van der Waals surface area contributed by atoms with Crippen molar-refractivity contribution in [1.29, 1.82) is 0 Å². The first-order valence-electron chi connectivity index (χ1n) is 6.68. The summed E-state index contributed by atoms with van der Waals surface area (Å²) in [5.74, 6) is -0.805. The quantitative estimate of drug-likeness (QED) is 0.921. The van der Waals surface area contributed by atoms with Gasteiger partial charge in [-0.2, -0.15) is 0 Å². The Labute approximate surface area is 119 Å². The van der Waals surface area contributed by atoms with Gasteiger partial charge in [0.15, 0.2) is 0 Å². The standard InChI is InChI=1S/C14H19NO4S/c1-11-4-3-7-15(9-11)20(18,19)10-12-5-2-6-13(8-12)14(16)17/h2,5-6,8,11H,3-4,7,9-10H2,1H3,(H,16,17). The van der Waals surface area contributed by atoms with Gasteiger partial charge in [-0.3, -0.25) is 0 Å². The fourth-order valence-electron chi connectivity index (χ4n) is 2.50. The maximum absolute atomic E-state index is 12.4. The molecular weight excluding hydrogens is 278 g/mol. The summed E-state index contributed by atoms with van der Waals surface area (Å²) in [6, 6.07) is 6.11. The minimum Gasteiger partial charge on any atom is -0.478 e. The van der Waals surface area contributed by atoms with Gasteiger partial charge in [0.2, 0.25) is 10.0 Å². The second-order valence-corrected chi connectivity index (χ2v) is 7.34. The van der Waals surface area contributed by atoms with E-state index in [1.54, 1.807) is 12.1 Å². The Hall–Kier alpha value is -1.40. The fraction of sp³-hybridized carbons (Fsp3) is 0.500. The van der Waals surface area contributed by atoms with Gasteiger partial charge in [-0.1, -0.05) is 19.1 Å². The van der Waals surface area contributed by atoms with Crippen molar-refractivity contribution in [2.45, 2.75) is 25.5 Å². The van der Waals surface area contributed by atoms with Crippen LogP contribution in [0.15, 0.2) is 24.3 Å². The molecule has 0 radical (unpaired) electrons. The van der Waals surface area contributed by atoms with Gasteiger partial charge in [0.25, 0.3) is 0 Å². The zero-order valence-electron chi connectivity index (χ0n) is 11.4. The van der Waals surface area contributed by atoms with Crippen molar-refractivity contribution in [3.63, 3.8) is 0 Å². The second kappa shape index (κ2) is 5.93. The number of carboxylic acids is 1. The molecule has 1 N–H and O–H groups in total. The van der Waals surface area contributed by atoms with Crippen LogP contribution in [0.5, 0.6) is 0 Å². The molecule has 0 saturated carbocycles. The summed E-state index contributed by atoms with van der Waals surface area (Å²) in [7, 11) is -3.37. The van der Waals surface area contributed by atoms with Crippen LogP contribution in [0.3, 0.4) is 0 Å². The minimum absolute atomic E-state index is 0.115. The first-order chi connectivity index (χ1) is 9.38. The zero-order chi connectivity index (χ0) is 14.8. The normalized spacial score (nSPS) is 20.8. The van der Waals surface area contributed by atoms with Crippen LogP contribution in [0.2, 0.25) is 0 Å². The van der Waals surface area contributed by atoms with Crippen molar-refractivity contribution >= 4 is 16.0 Å². The smallest absolute Gasteiger partial charge is 0.335 e. The molecular formula is C14H19NO4S. The molecule has 0 amide bonds. The van der Waals surface area contributed by atoms with Gasteiger partial charge in [-0.05, 0) is 36.5 Å². The Bertz CT molecular complexity index is 597. The lowest BCUT2D eigenvalue weighted by Gasteiger charge is -2.30. The van der Waals surface area contributed by atoms with Crippen LogP contribution in [0.4, 0.5) is 0 Å². The largest absolute Gasteiger partial charge is 0.478 e. The second-order valence-electron chi connectivity index (χ2n) is 5.37. The number of piperidine rings is 1. The molecule has 1 heterocycles. The topological polar surface area (TPSA) is 74.7 Å². The molecule has 0 aromatic heterocycles. The number of benzene rings is 1. The molecule has 1 atom stereocenters. The number of hydrogen-bond donors (Lipinski definition) is 1. The molecule has 1 unspecified atom stereocenters. The Morgan fingerprint density at radius 1 is 1.45 bits per heavy atom. The molecule has 5 nitrogen and oxygen atoms in total. The summed E-state index contributed by atoms with van der Waals surface area (Å²) >= 11 is 0. The van der Waals surface area contributed by atoms with Crippen LogP contribution in [-0.4, -0.2) is 36.9 Å². The summed E-state index contributed by atoms with van der Waals surface area (Å²) in [6.45, 7) is 3.17. The van der Waals surface area contributed by atoms with E-state index in [1.807, 2.05) is 6.92 Å². The number of aromatic carboxylic acids is 1. The Balaban J connectivity index is 2.15. The van der Waals surface area contributed by atoms with Crippen LogP contribution in [0.1, 0.15) is 35.7 Å². The maximum Gasteiger partial charge on any atom is 0.335 e. The predicted molar refractivity (Wildman–Crippen MR) is 76.0 cm³/mol. The van der Waals surface area contributed by atoms with Crippen LogP contribution >= 0.6 is 0 Å². The molecule has 0 bridgehead atoms. The highest BCUT2D eigenvalue weighted by molar-refractivity contribution is 7.88. The number of sulfonamides is 1. The molecule has 110 valence electrons. The van der Waals surface area contributed by atoms with Gasteiger partial charge in [0.05, 0.1) is 11.3 Å². The van der Waals surface area contributed by atoms with Gasteiger partial charge < -0.3 is 5.11 Å². The molecule has 20 heavy (non-hydrogen) atoms. The molecule has 1 aromatic rings. The molecule has 2 rings (SSSR count). The monoisotopic (exact) mass is 297 g/mol. The van der Waals surface area contributed by atoms with Crippen molar-refractivity contribution in [3.05, 3.63) is 35.4 Å². The molecule has 0 spiro atoms. The Morgan fingerprint density at radius 3 is 2.85 bits per heavy atom. The summed E-state index contributed by atoms with van der Waals surface area (Å²) in [5, 5.41) is 8.93. The SMILES string of the molecule is CC1CCCN(S(=O)(=O)Cc2cccc(C(=O)O)c2)C1. The van der Waals surface area contributed by atoms with Crippen molar-refractivity contribution in [2.24, 2.45) is 5.92 Å². The van der Waals surface area contributed by atoms with E-state index in [2.05, 4.69) is 0 Å². The summed E-state index contributed by atoms with van der Waals surface area (Å²) < 4.78 is 26.2. The minimum atomic E-state index is -3.37. The van der Waals surface area contributed by atoms with E-state index in [-0.39, 0.29) is 11.3 Å². The lowest BCUT2D eigenvalue weighted by molar-refractivity contribution is 0.0696. The van der Waals surface area contributed by atoms with Crippen LogP contribution < -0.4 is 0 Å². The lowest BCUT2D eigenvalue weighted by atomic mass is 10.0. The third kappa shape index (κ3) is 3.58. The van der Waals surface area contributed by atoms with Gasteiger partial charge in [0, 0.05) is 13.1 Å². The number of rotatable bonds is 4. The highest BCUT2D eigenvalue weighted by Gasteiger charge is 2.27. The maximum atomic E-state index is 12.4. The first-order valence-corrected chi connectivity index (χ1v) is 8.29. The predicted octanol–water partition coefficient (Wildman–Crippen LogP) is 1.95. The molecule has 1 saturated heterocycles. The van der Waals surface area contributed by atoms with E-state index in [1.165, 1.54) is 16.4 Å². The molecule has 1 aliphatic rings. The zero-order valence-corrected chi connectivity index (χ0v) is 12.3. The molecule has 1 aromatic carbocycles. The third-order valence-corrected chi connectivity index (χ3v) is 5.35. The Morgan fingerprint density at radius 2 is 2.20 bits per heavy atom. The average Bonchev–Trinajstić information content (AvgIpc) is 2.38. The van der Waals surface area contributed by atoms with Gasteiger partial charge in [-0.15, -0.1) is 0 Å². The van der Waals surface area contributed by atoms with E-state index in [9.17, 15) is 13.2 Å². The molecule has 0 aliphatic carbocycles. The van der Waals surface area contributed by atoms with Crippen LogP contribution in [-0.2, 0) is 15.8 Å². The van der Waals surface area contributed by atoms with E-state index in [4.69, 9.17) is 5.11 Å². The summed E-state index contributed by atoms with van der Waals surface area (Å²) in [6.07, 6.45) is 1.94. The Kier molecular flexibility index (Phi) is 4.45. The van der Waals surface area contributed by atoms with Gasteiger partial charge in [-0.25, -0.2) is 17.5 Å². The highest BCUT2D eigenvalue weighted by atomic mass is 32.2.